The number of likely N-dealkylation sites (N-methyl/N-ethyl adjacent to an activating group) is 1. The highest BCUT2D eigenvalue weighted by atomic mass is 16.5. The van der Waals surface area contributed by atoms with Gasteiger partial charge in [0.05, 0.1) is 12.8 Å². The van der Waals surface area contributed by atoms with Crippen molar-refractivity contribution in [2.75, 3.05) is 51.8 Å². The first kappa shape index (κ1) is 12.3. The standard InChI is InChI=1S/C12H20N4O/c1-15-5-6-16(9-11(8-15)10-17-2)12-7-13-3-4-14-12/h3-4,7,11H,5-6,8-10H2,1-2H3/t11-/m1/s1. The largest absolute Gasteiger partial charge is 0.384 e. The van der Waals surface area contributed by atoms with E-state index in [2.05, 4.69) is 26.8 Å². The molecule has 1 aliphatic heterocycles. The van der Waals surface area contributed by atoms with Crippen LogP contribution < -0.4 is 4.90 Å². The quantitative estimate of drug-likeness (QED) is 0.764. The molecule has 1 fully saturated rings. The van der Waals surface area contributed by atoms with Crippen LogP contribution in [0.3, 0.4) is 0 Å². The molecule has 1 atom stereocenters. The van der Waals surface area contributed by atoms with Crippen molar-refractivity contribution in [2.24, 2.45) is 5.92 Å². The summed E-state index contributed by atoms with van der Waals surface area (Å²) in [6, 6.07) is 0. The van der Waals surface area contributed by atoms with Crippen LogP contribution in [0.15, 0.2) is 18.6 Å². The molecule has 0 unspecified atom stereocenters. The van der Waals surface area contributed by atoms with Crippen molar-refractivity contribution in [3.63, 3.8) is 0 Å². The van der Waals surface area contributed by atoms with Crippen LogP contribution in [0.25, 0.3) is 0 Å². The average molecular weight is 236 g/mol. The summed E-state index contributed by atoms with van der Waals surface area (Å²) in [6.45, 7) is 4.90. The molecule has 0 aliphatic carbocycles. The Morgan fingerprint density at radius 3 is 2.94 bits per heavy atom. The highest BCUT2D eigenvalue weighted by Gasteiger charge is 2.21. The molecule has 17 heavy (non-hydrogen) atoms. The van der Waals surface area contributed by atoms with Crippen LogP contribution in [0.2, 0.25) is 0 Å². The van der Waals surface area contributed by atoms with Gasteiger partial charge in [-0.05, 0) is 7.05 Å². The average Bonchev–Trinajstić information content (AvgIpc) is 2.53. The summed E-state index contributed by atoms with van der Waals surface area (Å²) in [7, 11) is 3.92. The molecule has 0 bridgehead atoms. The molecule has 1 aromatic rings. The molecule has 0 saturated carbocycles. The van der Waals surface area contributed by atoms with Gasteiger partial charge in [0.15, 0.2) is 0 Å². The second-order valence-electron chi connectivity index (χ2n) is 4.59. The first-order chi connectivity index (χ1) is 8.29. The summed E-state index contributed by atoms with van der Waals surface area (Å²) < 4.78 is 5.28. The number of aromatic nitrogens is 2. The van der Waals surface area contributed by atoms with E-state index in [-0.39, 0.29) is 0 Å². The summed E-state index contributed by atoms with van der Waals surface area (Å²) in [5.74, 6) is 1.48. The van der Waals surface area contributed by atoms with Gasteiger partial charge in [0.25, 0.3) is 0 Å². The topological polar surface area (TPSA) is 41.5 Å². The molecule has 5 nitrogen and oxygen atoms in total. The molecule has 94 valence electrons. The van der Waals surface area contributed by atoms with Gasteiger partial charge < -0.3 is 14.5 Å². The van der Waals surface area contributed by atoms with Gasteiger partial charge in [-0.2, -0.15) is 0 Å². The monoisotopic (exact) mass is 236 g/mol. The third kappa shape index (κ3) is 3.38. The highest BCUT2D eigenvalue weighted by Crippen LogP contribution is 2.14. The first-order valence-electron chi connectivity index (χ1n) is 5.98. The fourth-order valence-electron chi connectivity index (χ4n) is 2.29. The van der Waals surface area contributed by atoms with Crippen LogP contribution in [0.5, 0.6) is 0 Å². The molecule has 2 heterocycles. The number of nitrogens with zero attached hydrogens (tertiary/aromatic N) is 4. The number of rotatable bonds is 3. The summed E-state index contributed by atoms with van der Waals surface area (Å²) in [5, 5.41) is 0. The lowest BCUT2D eigenvalue weighted by molar-refractivity contribution is 0.139. The van der Waals surface area contributed by atoms with E-state index in [0.717, 1.165) is 38.6 Å². The van der Waals surface area contributed by atoms with Gasteiger partial charge in [-0.1, -0.05) is 0 Å². The molecule has 0 N–H and O–H groups in total. The van der Waals surface area contributed by atoms with E-state index < -0.39 is 0 Å². The zero-order chi connectivity index (χ0) is 12.1. The van der Waals surface area contributed by atoms with Crippen LogP contribution in [0, 0.1) is 5.92 Å². The van der Waals surface area contributed by atoms with Gasteiger partial charge in [-0.3, -0.25) is 4.98 Å². The minimum Gasteiger partial charge on any atom is -0.384 e. The van der Waals surface area contributed by atoms with Gasteiger partial charge in [0, 0.05) is 51.6 Å². The second kappa shape index (κ2) is 5.93. The van der Waals surface area contributed by atoms with E-state index in [1.54, 1.807) is 19.5 Å². The van der Waals surface area contributed by atoms with E-state index in [1.807, 2.05) is 6.20 Å². The Labute approximate surface area is 102 Å². The molecule has 2 rings (SSSR count). The van der Waals surface area contributed by atoms with E-state index in [9.17, 15) is 0 Å². The second-order valence-corrected chi connectivity index (χ2v) is 4.59. The number of methoxy groups -OCH3 is 1. The van der Waals surface area contributed by atoms with E-state index in [1.165, 1.54) is 0 Å². The molecule has 1 aliphatic rings. The molecule has 1 saturated heterocycles. The van der Waals surface area contributed by atoms with Gasteiger partial charge in [0.1, 0.15) is 5.82 Å². The van der Waals surface area contributed by atoms with Crippen molar-refractivity contribution in [3.8, 4) is 0 Å². The van der Waals surface area contributed by atoms with Gasteiger partial charge in [-0.25, -0.2) is 4.98 Å². The zero-order valence-corrected chi connectivity index (χ0v) is 10.5. The number of hydrogen-bond donors (Lipinski definition) is 0. The van der Waals surface area contributed by atoms with Crippen molar-refractivity contribution < 1.29 is 4.74 Å². The van der Waals surface area contributed by atoms with Gasteiger partial charge in [0.2, 0.25) is 0 Å². The first-order valence-corrected chi connectivity index (χ1v) is 5.98. The Kier molecular flexibility index (Phi) is 4.28. The molecule has 5 heteroatoms. The Balaban J connectivity index is 2.07. The predicted octanol–water partition coefficient (Wildman–Crippen LogP) is 0.491. The van der Waals surface area contributed by atoms with Crippen molar-refractivity contribution >= 4 is 5.82 Å². The van der Waals surface area contributed by atoms with E-state index in [0.29, 0.717) is 5.92 Å². The number of ether oxygens (including phenoxy) is 1. The predicted molar refractivity (Wildman–Crippen MR) is 67.1 cm³/mol. The van der Waals surface area contributed by atoms with E-state index in [4.69, 9.17) is 4.74 Å². The Morgan fingerprint density at radius 1 is 1.35 bits per heavy atom. The summed E-state index contributed by atoms with van der Waals surface area (Å²) in [6.07, 6.45) is 5.28. The highest BCUT2D eigenvalue weighted by molar-refractivity contribution is 5.35. The van der Waals surface area contributed by atoms with Crippen LogP contribution in [-0.4, -0.2) is 61.8 Å². The van der Waals surface area contributed by atoms with Gasteiger partial charge >= 0.3 is 0 Å². The molecule has 0 amide bonds. The third-order valence-corrected chi connectivity index (χ3v) is 3.08. The zero-order valence-electron chi connectivity index (χ0n) is 10.5. The van der Waals surface area contributed by atoms with E-state index >= 15 is 0 Å². The maximum Gasteiger partial charge on any atom is 0.147 e. The van der Waals surface area contributed by atoms with Crippen LogP contribution in [-0.2, 0) is 4.74 Å². The molecule has 0 aromatic carbocycles. The SMILES string of the molecule is COC[C@@H]1CN(C)CCN(c2cnccn2)C1. The molecule has 0 radical (unpaired) electrons. The van der Waals surface area contributed by atoms with Crippen molar-refractivity contribution in [1.82, 2.24) is 14.9 Å². The minimum atomic E-state index is 0.523. The lowest BCUT2D eigenvalue weighted by Gasteiger charge is -2.24. The Morgan fingerprint density at radius 2 is 2.24 bits per heavy atom. The van der Waals surface area contributed by atoms with Crippen LogP contribution >= 0.6 is 0 Å². The minimum absolute atomic E-state index is 0.523. The van der Waals surface area contributed by atoms with Crippen molar-refractivity contribution in [3.05, 3.63) is 18.6 Å². The summed E-state index contributed by atoms with van der Waals surface area (Å²) in [4.78, 5) is 13.1. The van der Waals surface area contributed by atoms with Crippen molar-refractivity contribution in [2.45, 2.75) is 0 Å². The lowest BCUT2D eigenvalue weighted by Crippen LogP contribution is -2.32. The summed E-state index contributed by atoms with van der Waals surface area (Å²) >= 11 is 0. The number of hydrogen-bond acceptors (Lipinski definition) is 5. The smallest absolute Gasteiger partial charge is 0.147 e. The normalized spacial score (nSPS) is 22.5. The Hall–Kier alpha value is -1.20. The fourth-order valence-corrected chi connectivity index (χ4v) is 2.29. The molecular weight excluding hydrogens is 216 g/mol. The Bertz CT molecular complexity index is 333. The maximum absolute atomic E-state index is 5.28. The van der Waals surface area contributed by atoms with Crippen LogP contribution in [0.4, 0.5) is 5.82 Å². The maximum atomic E-state index is 5.28. The fraction of sp³-hybridized carbons (Fsp3) is 0.667. The van der Waals surface area contributed by atoms with Gasteiger partial charge in [-0.15, -0.1) is 0 Å². The molecular formula is C12H20N4O. The lowest BCUT2D eigenvalue weighted by atomic mass is 10.1. The van der Waals surface area contributed by atoms with Crippen molar-refractivity contribution in [1.29, 1.82) is 0 Å². The molecule has 1 aromatic heterocycles. The van der Waals surface area contributed by atoms with Crippen LogP contribution in [0.1, 0.15) is 0 Å². The summed E-state index contributed by atoms with van der Waals surface area (Å²) in [5.41, 5.74) is 0. The molecule has 0 spiro atoms. The third-order valence-electron chi connectivity index (χ3n) is 3.08. The number of anilines is 1.